The van der Waals surface area contributed by atoms with Crippen LogP contribution in [0.5, 0.6) is 0 Å². The second-order valence-electron chi connectivity index (χ2n) is 2.75. The number of halogens is 1. The zero-order valence-electron chi connectivity index (χ0n) is 5.57. The molecule has 2 rings (SSSR count). The van der Waals surface area contributed by atoms with Crippen LogP contribution >= 0.6 is 15.9 Å². The van der Waals surface area contributed by atoms with Gasteiger partial charge < -0.3 is 0 Å². The Morgan fingerprint density at radius 2 is 1.30 bits per heavy atom. The largest absolute Gasteiger partial charge is 0.0877 e. The van der Waals surface area contributed by atoms with E-state index in [1.807, 2.05) is 0 Å². The molecule has 0 spiro atoms. The number of hydrogen-bond acceptors (Lipinski definition) is 0. The average molecular weight is 197 g/mol. The van der Waals surface area contributed by atoms with E-state index >= 15 is 0 Å². The van der Waals surface area contributed by atoms with Crippen LogP contribution in [-0.4, -0.2) is 4.83 Å². The molecule has 0 radical (unpaired) electrons. The van der Waals surface area contributed by atoms with Gasteiger partial charge >= 0.3 is 0 Å². The molecule has 0 heterocycles. The second kappa shape index (κ2) is 2.39. The fraction of sp³-hybridized carbons (Fsp3) is 0.333. The molecular weight excluding hydrogens is 188 g/mol. The van der Waals surface area contributed by atoms with Crippen molar-refractivity contribution in [2.45, 2.75) is 4.83 Å². The van der Waals surface area contributed by atoms with Gasteiger partial charge in [0.25, 0.3) is 0 Å². The van der Waals surface area contributed by atoms with Gasteiger partial charge in [-0.15, -0.1) is 0 Å². The quantitative estimate of drug-likeness (QED) is 0.523. The first kappa shape index (κ1) is 6.41. The van der Waals surface area contributed by atoms with Crippen LogP contribution in [0.25, 0.3) is 0 Å². The highest BCUT2D eigenvalue weighted by atomic mass is 79.9. The molecule has 0 N–H and O–H groups in total. The van der Waals surface area contributed by atoms with Gasteiger partial charge in [0, 0.05) is 4.83 Å². The molecule has 0 aromatic rings. The molecule has 52 valence electrons. The highest BCUT2D eigenvalue weighted by Crippen LogP contribution is 2.47. The zero-order valence-corrected chi connectivity index (χ0v) is 7.16. The molecule has 0 bridgehead atoms. The summed E-state index contributed by atoms with van der Waals surface area (Å²) in [6.07, 6.45) is 12.9. The third-order valence-electron chi connectivity index (χ3n) is 2.04. The van der Waals surface area contributed by atoms with Gasteiger partial charge in [0.15, 0.2) is 0 Å². The highest BCUT2D eigenvalue weighted by molar-refractivity contribution is 9.09. The summed E-state index contributed by atoms with van der Waals surface area (Å²) in [6, 6.07) is 0. The Labute approximate surface area is 69.4 Å². The summed E-state index contributed by atoms with van der Waals surface area (Å²) in [7, 11) is 0. The number of alkyl halides is 1. The van der Waals surface area contributed by atoms with Crippen molar-refractivity contribution < 1.29 is 0 Å². The van der Waals surface area contributed by atoms with Gasteiger partial charge in [-0.2, -0.15) is 0 Å². The minimum absolute atomic E-state index is 0.694. The van der Waals surface area contributed by atoms with E-state index in [9.17, 15) is 0 Å². The Kier molecular flexibility index (Phi) is 1.53. The minimum Gasteiger partial charge on any atom is -0.0877 e. The Morgan fingerprint density at radius 1 is 0.800 bits per heavy atom. The van der Waals surface area contributed by atoms with E-state index in [4.69, 9.17) is 0 Å². The Balaban J connectivity index is 2.19. The predicted octanol–water partition coefficient (Wildman–Crippen LogP) is 2.68. The van der Waals surface area contributed by atoms with E-state index in [1.165, 1.54) is 0 Å². The summed E-state index contributed by atoms with van der Waals surface area (Å²) in [6.45, 7) is 0. The second-order valence-corrected chi connectivity index (χ2v) is 3.81. The van der Waals surface area contributed by atoms with Gasteiger partial charge in [0.05, 0.1) is 0 Å². The lowest BCUT2D eigenvalue weighted by Gasteiger charge is -1.85. The summed E-state index contributed by atoms with van der Waals surface area (Å²) in [4.78, 5) is 0.694. The van der Waals surface area contributed by atoms with Crippen LogP contribution in [0.3, 0.4) is 0 Å². The van der Waals surface area contributed by atoms with Crippen LogP contribution < -0.4 is 0 Å². The number of rotatable bonds is 0. The first-order valence-electron chi connectivity index (χ1n) is 3.55. The van der Waals surface area contributed by atoms with E-state index in [0.29, 0.717) is 4.83 Å². The van der Waals surface area contributed by atoms with Crippen LogP contribution in [0.1, 0.15) is 0 Å². The highest BCUT2D eigenvalue weighted by Gasteiger charge is 2.44. The first-order chi connectivity index (χ1) is 4.89. The van der Waals surface area contributed by atoms with Gasteiger partial charge in [-0.05, 0) is 11.8 Å². The maximum Gasteiger partial charge on any atom is 0.0283 e. The normalized spacial score (nSPS) is 48.7. The monoisotopic (exact) mass is 196 g/mol. The van der Waals surface area contributed by atoms with E-state index < -0.39 is 0 Å². The molecule has 1 fully saturated rings. The Morgan fingerprint density at radius 3 is 1.80 bits per heavy atom. The molecular formula is C9H9Br. The van der Waals surface area contributed by atoms with Gasteiger partial charge in [-0.25, -0.2) is 0 Å². The SMILES string of the molecule is BrC1[C@H]2C=C/C=C\C=C/[C@@H]12. The number of allylic oxidation sites excluding steroid dienone is 6. The van der Waals surface area contributed by atoms with Gasteiger partial charge in [-0.3, -0.25) is 0 Å². The minimum atomic E-state index is 0.694. The Hall–Kier alpha value is -0.300. The summed E-state index contributed by atoms with van der Waals surface area (Å²) in [5.74, 6) is 1.50. The lowest BCUT2D eigenvalue weighted by Crippen LogP contribution is -1.72. The van der Waals surface area contributed by atoms with Crippen molar-refractivity contribution in [2.24, 2.45) is 11.8 Å². The summed E-state index contributed by atoms with van der Waals surface area (Å²) in [5.41, 5.74) is 0. The summed E-state index contributed by atoms with van der Waals surface area (Å²) < 4.78 is 0. The molecule has 10 heavy (non-hydrogen) atoms. The van der Waals surface area contributed by atoms with E-state index in [-0.39, 0.29) is 0 Å². The van der Waals surface area contributed by atoms with Crippen LogP contribution in [0.4, 0.5) is 0 Å². The molecule has 0 nitrogen and oxygen atoms in total. The molecule has 1 saturated carbocycles. The lowest BCUT2D eigenvalue weighted by molar-refractivity contribution is 0.993. The van der Waals surface area contributed by atoms with Crippen molar-refractivity contribution in [3.63, 3.8) is 0 Å². The zero-order chi connectivity index (χ0) is 6.97. The van der Waals surface area contributed by atoms with E-state index in [0.717, 1.165) is 11.8 Å². The average Bonchev–Trinajstić information content (AvgIpc) is 2.39. The van der Waals surface area contributed by atoms with Crippen molar-refractivity contribution in [2.75, 3.05) is 0 Å². The maximum absolute atomic E-state index is 3.61. The molecule has 0 amide bonds. The van der Waals surface area contributed by atoms with Crippen LogP contribution in [0.15, 0.2) is 36.5 Å². The third kappa shape index (κ3) is 0.988. The third-order valence-corrected chi connectivity index (χ3v) is 3.26. The fourth-order valence-electron chi connectivity index (χ4n) is 1.30. The van der Waals surface area contributed by atoms with Crippen molar-refractivity contribution in [3.8, 4) is 0 Å². The van der Waals surface area contributed by atoms with Crippen LogP contribution in [-0.2, 0) is 0 Å². The molecule has 0 aromatic carbocycles. The lowest BCUT2D eigenvalue weighted by atomic mass is 10.2. The number of fused-ring (bicyclic) bond motifs is 1. The standard InChI is InChI=1S/C9H9Br/c10-9-7-5-3-1-2-4-6-8(7)9/h1-9H/b2-1-,5-3-,6-4?/t7-,8+,9?/m1/s1. The van der Waals surface area contributed by atoms with E-state index in [1.54, 1.807) is 0 Å². The van der Waals surface area contributed by atoms with Gasteiger partial charge in [0.2, 0.25) is 0 Å². The first-order valence-corrected chi connectivity index (χ1v) is 4.47. The molecule has 1 heteroatoms. The van der Waals surface area contributed by atoms with Crippen molar-refractivity contribution in [1.29, 1.82) is 0 Å². The van der Waals surface area contributed by atoms with E-state index in [2.05, 4.69) is 52.4 Å². The molecule has 0 saturated heterocycles. The van der Waals surface area contributed by atoms with Crippen LogP contribution in [0.2, 0.25) is 0 Å². The van der Waals surface area contributed by atoms with Gasteiger partial charge in [-0.1, -0.05) is 52.4 Å². The topological polar surface area (TPSA) is 0 Å². The smallest absolute Gasteiger partial charge is 0.0283 e. The van der Waals surface area contributed by atoms with Crippen molar-refractivity contribution >= 4 is 15.9 Å². The molecule has 0 aliphatic heterocycles. The van der Waals surface area contributed by atoms with Gasteiger partial charge in [0.1, 0.15) is 0 Å². The summed E-state index contributed by atoms with van der Waals surface area (Å²) >= 11 is 3.61. The fourth-order valence-corrected chi connectivity index (χ4v) is 2.18. The number of hydrogen-bond donors (Lipinski definition) is 0. The maximum atomic E-state index is 3.61. The van der Waals surface area contributed by atoms with Crippen molar-refractivity contribution in [1.82, 2.24) is 0 Å². The van der Waals surface area contributed by atoms with Crippen LogP contribution in [0, 0.1) is 11.8 Å². The molecule has 1 unspecified atom stereocenters. The molecule has 2 aliphatic rings. The predicted molar refractivity (Wildman–Crippen MR) is 47.1 cm³/mol. The molecule has 3 atom stereocenters. The molecule has 2 aliphatic carbocycles. The summed E-state index contributed by atoms with van der Waals surface area (Å²) in [5, 5.41) is 0. The Bertz CT molecular complexity index is 191. The molecule has 0 aromatic heterocycles. The van der Waals surface area contributed by atoms with Crippen molar-refractivity contribution in [3.05, 3.63) is 36.5 Å².